The Morgan fingerprint density at radius 2 is 1.76 bits per heavy atom. The van der Waals surface area contributed by atoms with Gasteiger partial charge < -0.3 is 5.73 Å². The lowest BCUT2D eigenvalue weighted by Crippen LogP contribution is -2.27. The van der Waals surface area contributed by atoms with Crippen LogP contribution in [0.5, 0.6) is 0 Å². The highest BCUT2D eigenvalue weighted by Crippen LogP contribution is 2.19. The molecule has 4 nitrogen and oxygen atoms in total. The molecule has 0 aliphatic heterocycles. The second kappa shape index (κ2) is 5.83. The number of sulfonamides is 1. The van der Waals surface area contributed by atoms with E-state index in [4.69, 9.17) is 5.73 Å². The van der Waals surface area contributed by atoms with Gasteiger partial charge in [-0.2, -0.15) is 0 Å². The summed E-state index contributed by atoms with van der Waals surface area (Å²) in [6.45, 7) is 3.30. The third-order valence-corrected chi connectivity index (χ3v) is 4.76. The van der Waals surface area contributed by atoms with Crippen molar-refractivity contribution in [1.82, 2.24) is 4.72 Å². The summed E-state index contributed by atoms with van der Waals surface area (Å²) in [5, 5.41) is 0. The summed E-state index contributed by atoms with van der Waals surface area (Å²) in [6, 6.07) is 10.3. The molecule has 21 heavy (non-hydrogen) atoms. The van der Waals surface area contributed by atoms with Gasteiger partial charge in [0.25, 0.3) is 0 Å². The third kappa shape index (κ3) is 3.59. The Kier molecular flexibility index (Phi) is 4.29. The molecule has 0 bridgehead atoms. The normalized spacial score (nSPS) is 13.1. The number of halogens is 1. The van der Waals surface area contributed by atoms with Crippen LogP contribution in [0.4, 0.5) is 10.1 Å². The lowest BCUT2D eigenvalue weighted by molar-refractivity contribution is 0.563. The molecule has 2 aromatic carbocycles. The van der Waals surface area contributed by atoms with E-state index in [1.807, 2.05) is 0 Å². The molecule has 0 saturated heterocycles. The molecule has 1 atom stereocenters. The predicted octanol–water partition coefficient (Wildman–Crippen LogP) is 2.76. The lowest BCUT2D eigenvalue weighted by Gasteiger charge is -2.15. The standard InChI is InChI=1S/C15H17FN2O2S/c1-10-3-8-14(9-15(10)16)21(19,20)18-11(2)12-4-6-13(17)7-5-12/h3-9,11,18H,17H2,1-2H3. The van der Waals surface area contributed by atoms with E-state index in [1.54, 1.807) is 38.1 Å². The monoisotopic (exact) mass is 308 g/mol. The SMILES string of the molecule is Cc1ccc(S(=O)(=O)NC(C)c2ccc(N)cc2)cc1F. The van der Waals surface area contributed by atoms with Crippen molar-refractivity contribution in [1.29, 1.82) is 0 Å². The quantitative estimate of drug-likeness (QED) is 0.853. The second-order valence-corrected chi connectivity index (χ2v) is 6.63. The van der Waals surface area contributed by atoms with Gasteiger partial charge in [0.1, 0.15) is 5.82 Å². The molecule has 0 amide bonds. The fraction of sp³-hybridized carbons (Fsp3) is 0.200. The fourth-order valence-electron chi connectivity index (χ4n) is 1.89. The van der Waals surface area contributed by atoms with Crippen LogP contribution in [0.1, 0.15) is 24.1 Å². The molecule has 0 fully saturated rings. The molecule has 112 valence electrons. The van der Waals surface area contributed by atoms with Crippen molar-refractivity contribution in [3.8, 4) is 0 Å². The molecule has 0 spiro atoms. The van der Waals surface area contributed by atoms with Crippen molar-refractivity contribution in [2.75, 3.05) is 5.73 Å². The molecular weight excluding hydrogens is 291 g/mol. The van der Waals surface area contributed by atoms with Crippen LogP contribution in [0.2, 0.25) is 0 Å². The summed E-state index contributed by atoms with van der Waals surface area (Å²) in [6.07, 6.45) is 0. The summed E-state index contributed by atoms with van der Waals surface area (Å²) >= 11 is 0. The van der Waals surface area contributed by atoms with E-state index < -0.39 is 21.9 Å². The van der Waals surface area contributed by atoms with Crippen LogP contribution in [0.15, 0.2) is 47.4 Å². The zero-order chi connectivity index (χ0) is 15.6. The van der Waals surface area contributed by atoms with E-state index in [2.05, 4.69) is 4.72 Å². The van der Waals surface area contributed by atoms with Gasteiger partial charge in [-0.1, -0.05) is 18.2 Å². The van der Waals surface area contributed by atoms with E-state index >= 15 is 0 Å². The number of benzene rings is 2. The molecule has 1 unspecified atom stereocenters. The summed E-state index contributed by atoms with van der Waals surface area (Å²) in [7, 11) is -3.78. The van der Waals surface area contributed by atoms with Crippen LogP contribution in [0, 0.1) is 12.7 Å². The minimum Gasteiger partial charge on any atom is -0.399 e. The molecule has 0 heterocycles. The average Bonchev–Trinajstić information content (AvgIpc) is 2.42. The maximum absolute atomic E-state index is 13.5. The van der Waals surface area contributed by atoms with Crippen molar-refractivity contribution >= 4 is 15.7 Å². The molecule has 0 aromatic heterocycles. The highest BCUT2D eigenvalue weighted by atomic mass is 32.2. The fourth-order valence-corrected chi connectivity index (χ4v) is 3.14. The molecule has 2 rings (SSSR count). The van der Waals surface area contributed by atoms with Gasteiger partial charge in [-0.3, -0.25) is 0 Å². The molecule has 0 aliphatic carbocycles. The first-order chi connectivity index (χ1) is 9.79. The number of nitrogen functional groups attached to an aromatic ring is 1. The first kappa shape index (κ1) is 15.5. The lowest BCUT2D eigenvalue weighted by atomic mass is 10.1. The van der Waals surface area contributed by atoms with E-state index in [0.717, 1.165) is 11.6 Å². The van der Waals surface area contributed by atoms with Gasteiger partial charge in [-0.05, 0) is 49.2 Å². The first-order valence-electron chi connectivity index (χ1n) is 6.43. The van der Waals surface area contributed by atoms with Gasteiger partial charge in [0.05, 0.1) is 4.90 Å². The Bertz CT molecular complexity index is 743. The Morgan fingerprint density at radius 1 is 1.14 bits per heavy atom. The van der Waals surface area contributed by atoms with Crippen LogP contribution in [-0.2, 0) is 10.0 Å². The zero-order valence-electron chi connectivity index (χ0n) is 11.8. The Balaban J connectivity index is 2.24. The van der Waals surface area contributed by atoms with Crippen LogP contribution >= 0.6 is 0 Å². The smallest absolute Gasteiger partial charge is 0.241 e. The van der Waals surface area contributed by atoms with E-state index in [-0.39, 0.29) is 4.90 Å². The summed E-state index contributed by atoms with van der Waals surface area (Å²) in [5.74, 6) is -0.544. The van der Waals surface area contributed by atoms with Gasteiger partial charge in [-0.15, -0.1) is 0 Å². The van der Waals surface area contributed by atoms with Gasteiger partial charge in [0, 0.05) is 11.7 Å². The Labute approximate surface area is 123 Å². The highest BCUT2D eigenvalue weighted by Gasteiger charge is 2.19. The number of anilines is 1. The van der Waals surface area contributed by atoms with Crippen LogP contribution in [0.3, 0.4) is 0 Å². The van der Waals surface area contributed by atoms with Gasteiger partial charge in [-0.25, -0.2) is 17.5 Å². The maximum Gasteiger partial charge on any atom is 0.241 e. The molecule has 3 N–H and O–H groups in total. The highest BCUT2D eigenvalue weighted by molar-refractivity contribution is 7.89. The average molecular weight is 308 g/mol. The van der Waals surface area contributed by atoms with E-state index in [0.29, 0.717) is 11.3 Å². The van der Waals surface area contributed by atoms with Crippen molar-refractivity contribution in [2.24, 2.45) is 0 Å². The van der Waals surface area contributed by atoms with E-state index in [9.17, 15) is 12.8 Å². The number of hydrogen-bond donors (Lipinski definition) is 2. The maximum atomic E-state index is 13.5. The third-order valence-electron chi connectivity index (χ3n) is 3.22. The molecular formula is C15H17FN2O2S. The Hall–Kier alpha value is -1.92. The molecule has 6 heteroatoms. The predicted molar refractivity (Wildman–Crippen MR) is 80.7 cm³/mol. The van der Waals surface area contributed by atoms with Crippen LogP contribution < -0.4 is 10.5 Å². The van der Waals surface area contributed by atoms with Crippen molar-refractivity contribution in [3.05, 3.63) is 59.4 Å². The summed E-state index contributed by atoms with van der Waals surface area (Å²) in [5.41, 5.74) is 7.38. The number of hydrogen-bond acceptors (Lipinski definition) is 3. The minimum absolute atomic E-state index is 0.0899. The second-order valence-electron chi connectivity index (χ2n) is 4.92. The van der Waals surface area contributed by atoms with Crippen LogP contribution in [0.25, 0.3) is 0 Å². The number of rotatable bonds is 4. The molecule has 0 saturated carbocycles. The van der Waals surface area contributed by atoms with Crippen LogP contribution in [-0.4, -0.2) is 8.42 Å². The first-order valence-corrected chi connectivity index (χ1v) is 7.92. The largest absolute Gasteiger partial charge is 0.399 e. The molecule has 0 aliphatic rings. The van der Waals surface area contributed by atoms with Gasteiger partial charge in [0.15, 0.2) is 0 Å². The number of aryl methyl sites for hydroxylation is 1. The van der Waals surface area contributed by atoms with Crippen molar-refractivity contribution in [2.45, 2.75) is 24.8 Å². The van der Waals surface area contributed by atoms with Crippen molar-refractivity contribution < 1.29 is 12.8 Å². The number of nitrogens with one attached hydrogen (secondary N) is 1. The summed E-state index contributed by atoms with van der Waals surface area (Å²) < 4.78 is 40.5. The van der Waals surface area contributed by atoms with E-state index in [1.165, 1.54) is 12.1 Å². The molecule has 2 aromatic rings. The topological polar surface area (TPSA) is 72.2 Å². The minimum atomic E-state index is -3.78. The number of nitrogens with two attached hydrogens (primary N) is 1. The Morgan fingerprint density at radius 3 is 2.33 bits per heavy atom. The van der Waals surface area contributed by atoms with Gasteiger partial charge in [0.2, 0.25) is 10.0 Å². The van der Waals surface area contributed by atoms with Gasteiger partial charge >= 0.3 is 0 Å². The molecule has 0 radical (unpaired) electrons. The summed E-state index contributed by atoms with van der Waals surface area (Å²) in [4.78, 5) is -0.0899. The van der Waals surface area contributed by atoms with Crippen molar-refractivity contribution in [3.63, 3.8) is 0 Å². The zero-order valence-corrected chi connectivity index (χ0v) is 12.6.